The molecule has 1 aliphatic heterocycles. The van der Waals surface area contributed by atoms with Crippen molar-refractivity contribution < 1.29 is 0 Å². The molecule has 1 fully saturated rings. The third-order valence-corrected chi connectivity index (χ3v) is 3.80. The molecule has 2 heterocycles. The molecule has 2 rings (SSSR count). The highest BCUT2D eigenvalue weighted by Gasteiger charge is 2.15. The van der Waals surface area contributed by atoms with Crippen LogP contribution in [-0.4, -0.2) is 26.7 Å². The summed E-state index contributed by atoms with van der Waals surface area (Å²) < 4.78 is 0. The Bertz CT molecular complexity index is 252. The highest BCUT2D eigenvalue weighted by atomic mass is 32.1. The Balaban J connectivity index is 1.84. The van der Waals surface area contributed by atoms with Gasteiger partial charge in [-0.25, -0.2) is 0 Å². The van der Waals surface area contributed by atoms with Crippen LogP contribution in [0.25, 0.3) is 0 Å². The average Bonchev–Trinajstić information content (AvgIpc) is 2.72. The maximum Gasteiger partial charge on any atom is 0.0905 e. The van der Waals surface area contributed by atoms with Crippen molar-refractivity contribution in [3.63, 3.8) is 0 Å². The Morgan fingerprint density at radius 1 is 1.64 bits per heavy atom. The van der Waals surface area contributed by atoms with Gasteiger partial charge in [0, 0.05) is 13.6 Å². The summed E-state index contributed by atoms with van der Waals surface area (Å²) >= 11 is 1.83. The molecule has 0 amide bonds. The van der Waals surface area contributed by atoms with Crippen molar-refractivity contribution in [3.05, 3.63) is 17.5 Å². The van der Waals surface area contributed by atoms with E-state index in [0.29, 0.717) is 0 Å². The molecule has 0 aliphatic carbocycles. The number of thiophene rings is 1. The van der Waals surface area contributed by atoms with E-state index < -0.39 is 0 Å². The van der Waals surface area contributed by atoms with Crippen LogP contribution < -0.4 is 10.2 Å². The lowest BCUT2D eigenvalue weighted by Gasteiger charge is -2.27. The highest BCUT2D eigenvalue weighted by Crippen LogP contribution is 2.22. The van der Waals surface area contributed by atoms with Gasteiger partial charge in [0.15, 0.2) is 0 Å². The van der Waals surface area contributed by atoms with Gasteiger partial charge in [-0.1, -0.05) is 0 Å². The number of hydrogen-bond acceptors (Lipinski definition) is 3. The quantitative estimate of drug-likeness (QED) is 0.822. The number of rotatable bonds is 3. The molecular formula is C11H18N2S. The highest BCUT2D eigenvalue weighted by molar-refractivity contribution is 7.14. The molecule has 0 aromatic carbocycles. The van der Waals surface area contributed by atoms with Gasteiger partial charge in [0.05, 0.1) is 5.00 Å². The van der Waals surface area contributed by atoms with Gasteiger partial charge < -0.3 is 10.2 Å². The van der Waals surface area contributed by atoms with Gasteiger partial charge in [-0.3, -0.25) is 0 Å². The maximum absolute atomic E-state index is 3.46. The zero-order valence-electron chi connectivity index (χ0n) is 8.70. The van der Waals surface area contributed by atoms with Gasteiger partial charge in [-0.15, -0.1) is 11.3 Å². The molecule has 1 aliphatic rings. The van der Waals surface area contributed by atoms with Gasteiger partial charge in [-0.05, 0) is 49.4 Å². The molecule has 78 valence electrons. The number of nitrogens with one attached hydrogen (secondary N) is 1. The number of piperidine rings is 1. The minimum Gasteiger partial charge on any atom is -0.366 e. The molecule has 1 saturated heterocycles. The molecule has 0 saturated carbocycles. The van der Waals surface area contributed by atoms with Crippen LogP contribution in [0.2, 0.25) is 0 Å². The largest absolute Gasteiger partial charge is 0.366 e. The van der Waals surface area contributed by atoms with Crippen molar-refractivity contribution in [1.29, 1.82) is 0 Å². The van der Waals surface area contributed by atoms with Crippen molar-refractivity contribution >= 4 is 16.3 Å². The summed E-state index contributed by atoms with van der Waals surface area (Å²) in [5.41, 5.74) is 0. The van der Waals surface area contributed by atoms with Crippen LogP contribution in [0.5, 0.6) is 0 Å². The molecule has 0 radical (unpaired) electrons. The van der Waals surface area contributed by atoms with Gasteiger partial charge >= 0.3 is 0 Å². The molecule has 14 heavy (non-hydrogen) atoms. The van der Waals surface area contributed by atoms with Gasteiger partial charge in [0.25, 0.3) is 0 Å². The van der Waals surface area contributed by atoms with E-state index >= 15 is 0 Å². The number of nitrogens with zero attached hydrogens (tertiary/aromatic N) is 1. The molecule has 0 bridgehead atoms. The molecule has 1 atom stereocenters. The second-order valence-corrected chi connectivity index (χ2v) is 4.97. The van der Waals surface area contributed by atoms with Crippen molar-refractivity contribution in [2.75, 3.05) is 31.6 Å². The molecule has 0 spiro atoms. The zero-order valence-corrected chi connectivity index (χ0v) is 9.52. The molecule has 1 aromatic heterocycles. The molecule has 2 nitrogen and oxygen atoms in total. The zero-order chi connectivity index (χ0) is 9.80. The smallest absolute Gasteiger partial charge is 0.0905 e. The Hall–Kier alpha value is -0.540. The van der Waals surface area contributed by atoms with E-state index in [4.69, 9.17) is 0 Å². The Labute approximate surface area is 89.9 Å². The molecule has 3 heteroatoms. The molecule has 1 N–H and O–H groups in total. The minimum absolute atomic E-state index is 0.829. The summed E-state index contributed by atoms with van der Waals surface area (Å²) in [5.74, 6) is 0.829. The standard InChI is InChI=1S/C11H18N2S/c1-13(11-5-3-7-14-11)9-10-4-2-6-12-8-10/h3,5,7,10,12H,2,4,6,8-9H2,1H3. The van der Waals surface area contributed by atoms with Crippen LogP contribution >= 0.6 is 11.3 Å². The Morgan fingerprint density at radius 2 is 2.57 bits per heavy atom. The van der Waals surface area contributed by atoms with E-state index in [-0.39, 0.29) is 0 Å². The first-order valence-electron chi connectivity index (χ1n) is 5.31. The van der Waals surface area contributed by atoms with E-state index in [1.54, 1.807) is 0 Å². The van der Waals surface area contributed by atoms with Crippen molar-refractivity contribution in [1.82, 2.24) is 5.32 Å². The lowest BCUT2D eigenvalue weighted by molar-refractivity contribution is 0.381. The van der Waals surface area contributed by atoms with E-state index in [1.165, 1.54) is 37.5 Å². The summed E-state index contributed by atoms with van der Waals surface area (Å²) in [5, 5.41) is 6.99. The van der Waals surface area contributed by atoms with Gasteiger partial charge in [-0.2, -0.15) is 0 Å². The van der Waals surface area contributed by atoms with E-state index in [2.05, 4.69) is 34.8 Å². The van der Waals surface area contributed by atoms with Crippen LogP contribution in [0.1, 0.15) is 12.8 Å². The Kier molecular flexibility index (Phi) is 3.43. The monoisotopic (exact) mass is 210 g/mol. The van der Waals surface area contributed by atoms with Crippen LogP contribution in [-0.2, 0) is 0 Å². The molecule has 1 aromatic rings. The first-order valence-corrected chi connectivity index (χ1v) is 6.19. The predicted molar refractivity (Wildman–Crippen MR) is 63.2 cm³/mol. The fourth-order valence-corrected chi connectivity index (χ4v) is 2.75. The summed E-state index contributed by atoms with van der Waals surface area (Å²) in [4.78, 5) is 2.38. The minimum atomic E-state index is 0.829. The predicted octanol–water partition coefficient (Wildman–Crippen LogP) is 2.18. The van der Waals surface area contributed by atoms with E-state index in [1.807, 2.05) is 11.3 Å². The van der Waals surface area contributed by atoms with Gasteiger partial charge in [0.2, 0.25) is 0 Å². The number of anilines is 1. The van der Waals surface area contributed by atoms with Crippen molar-refractivity contribution in [2.24, 2.45) is 5.92 Å². The normalized spacial score (nSPS) is 22.2. The topological polar surface area (TPSA) is 15.3 Å². The summed E-state index contributed by atoms with van der Waals surface area (Å²) in [6, 6.07) is 4.32. The number of hydrogen-bond donors (Lipinski definition) is 1. The van der Waals surface area contributed by atoms with Crippen LogP contribution in [0.3, 0.4) is 0 Å². The third kappa shape index (κ3) is 2.49. The summed E-state index contributed by atoms with van der Waals surface area (Å²) in [7, 11) is 2.19. The first-order chi connectivity index (χ1) is 6.86. The fraction of sp³-hybridized carbons (Fsp3) is 0.636. The second-order valence-electron chi connectivity index (χ2n) is 4.04. The summed E-state index contributed by atoms with van der Waals surface area (Å²) in [6.45, 7) is 3.59. The summed E-state index contributed by atoms with van der Waals surface area (Å²) in [6.07, 6.45) is 2.71. The molecule has 1 unspecified atom stereocenters. The van der Waals surface area contributed by atoms with Crippen molar-refractivity contribution in [3.8, 4) is 0 Å². The third-order valence-electron chi connectivity index (χ3n) is 2.81. The van der Waals surface area contributed by atoms with Crippen molar-refractivity contribution in [2.45, 2.75) is 12.8 Å². The van der Waals surface area contributed by atoms with Crippen LogP contribution in [0.15, 0.2) is 17.5 Å². The SMILES string of the molecule is CN(CC1CCCNC1)c1cccs1. The van der Waals surface area contributed by atoms with Crippen LogP contribution in [0, 0.1) is 5.92 Å². The average molecular weight is 210 g/mol. The van der Waals surface area contributed by atoms with E-state index in [0.717, 1.165) is 5.92 Å². The Morgan fingerprint density at radius 3 is 3.21 bits per heavy atom. The first kappa shape index (κ1) is 9.99. The van der Waals surface area contributed by atoms with Crippen LogP contribution in [0.4, 0.5) is 5.00 Å². The fourth-order valence-electron chi connectivity index (χ4n) is 2.04. The molecular weight excluding hydrogens is 192 g/mol. The van der Waals surface area contributed by atoms with Gasteiger partial charge in [0.1, 0.15) is 0 Å². The lowest BCUT2D eigenvalue weighted by atomic mass is 9.99. The van der Waals surface area contributed by atoms with E-state index in [9.17, 15) is 0 Å². The maximum atomic E-state index is 3.46. The second kappa shape index (κ2) is 4.80. The lowest BCUT2D eigenvalue weighted by Crippen LogP contribution is -2.36.